The largest absolute Gasteiger partial charge is 0.241 e. The number of aromatic nitrogens is 1. The number of halogens is 1. The molecule has 1 rings (SSSR count). The summed E-state index contributed by atoms with van der Waals surface area (Å²) in [5.41, 5.74) is -0.143. The van der Waals surface area contributed by atoms with E-state index in [0.717, 1.165) is 10.6 Å². The molecule has 0 aliphatic heterocycles. The van der Waals surface area contributed by atoms with Gasteiger partial charge in [0.05, 0.1) is 0 Å². The van der Waals surface area contributed by atoms with E-state index in [9.17, 15) is 4.39 Å². The average molecular weight is 182 g/mol. The van der Waals surface area contributed by atoms with Crippen LogP contribution in [0.1, 0.15) is 12.6 Å². The van der Waals surface area contributed by atoms with Crippen molar-refractivity contribution in [2.75, 3.05) is 5.75 Å². The van der Waals surface area contributed by atoms with Crippen molar-refractivity contribution in [1.82, 2.24) is 4.98 Å². The first-order valence-corrected chi connectivity index (χ1v) is 4.45. The lowest BCUT2D eigenvalue weighted by molar-refractivity contribution is 0.612. The van der Waals surface area contributed by atoms with Gasteiger partial charge < -0.3 is 0 Å². The zero-order valence-corrected chi connectivity index (χ0v) is 7.36. The van der Waals surface area contributed by atoms with Crippen LogP contribution in [0.3, 0.4) is 0 Å². The van der Waals surface area contributed by atoms with Crippen molar-refractivity contribution in [2.24, 2.45) is 0 Å². The van der Waals surface area contributed by atoms with E-state index >= 15 is 0 Å². The molecule has 12 heavy (non-hydrogen) atoms. The lowest BCUT2D eigenvalue weighted by Gasteiger charge is -1.97. The number of rotatable bonds is 2. The van der Waals surface area contributed by atoms with Crippen LogP contribution in [0.25, 0.3) is 0 Å². The van der Waals surface area contributed by atoms with Crippen molar-refractivity contribution in [3.8, 4) is 6.07 Å². The predicted octanol–water partition coefficient (Wildman–Crippen LogP) is 2.20. The fourth-order valence-electron chi connectivity index (χ4n) is 0.748. The topological polar surface area (TPSA) is 36.7 Å². The maximum Gasteiger partial charge on any atom is 0.176 e. The third-order valence-corrected chi connectivity index (χ3v) is 2.08. The molecule has 0 spiro atoms. The summed E-state index contributed by atoms with van der Waals surface area (Å²) in [6, 6.07) is 3.00. The Hall–Kier alpha value is -1.08. The number of nitriles is 1. The third kappa shape index (κ3) is 1.95. The maximum atomic E-state index is 12.9. The first-order chi connectivity index (χ1) is 5.77. The van der Waals surface area contributed by atoms with Crippen LogP contribution in [-0.2, 0) is 0 Å². The van der Waals surface area contributed by atoms with Crippen LogP contribution in [-0.4, -0.2) is 10.7 Å². The molecule has 0 saturated heterocycles. The van der Waals surface area contributed by atoms with Gasteiger partial charge in [-0.15, -0.1) is 11.8 Å². The van der Waals surface area contributed by atoms with E-state index in [1.807, 2.05) is 6.92 Å². The number of pyridine rings is 1. The van der Waals surface area contributed by atoms with E-state index in [1.165, 1.54) is 24.0 Å². The van der Waals surface area contributed by atoms with Gasteiger partial charge in [-0.2, -0.15) is 5.26 Å². The summed E-state index contributed by atoms with van der Waals surface area (Å²) in [7, 11) is 0. The molecule has 4 heteroatoms. The Morgan fingerprint density at radius 3 is 3.00 bits per heavy atom. The SMILES string of the molecule is CCSc1cnc(C#N)c(F)c1. The minimum absolute atomic E-state index is 0.143. The van der Waals surface area contributed by atoms with Crippen molar-refractivity contribution < 1.29 is 4.39 Å². The molecule has 0 unspecified atom stereocenters. The standard InChI is InChI=1S/C8H7FN2S/c1-2-12-6-3-7(9)8(4-10)11-5-6/h3,5H,2H2,1H3. The van der Waals surface area contributed by atoms with Crippen LogP contribution >= 0.6 is 11.8 Å². The molecule has 0 N–H and O–H groups in total. The Kier molecular flexibility index (Phi) is 3.06. The molecule has 0 radical (unpaired) electrons. The van der Waals surface area contributed by atoms with Crippen LogP contribution in [0.15, 0.2) is 17.2 Å². The van der Waals surface area contributed by atoms with Crippen molar-refractivity contribution in [2.45, 2.75) is 11.8 Å². The van der Waals surface area contributed by atoms with Gasteiger partial charge in [0.2, 0.25) is 0 Å². The molecule has 1 heterocycles. The van der Waals surface area contributed by atoms with Gasteiger partial charge in [-0.3, -0.25) is 0 Å². The molecule has 0 fully saturated rings. The molecule has 62 valence electrons. The first-order valence-electron chi connectivity index (χ1n) is 3.46. The lowest BCUT2D eigenvalue weighted by atomic mass is 10.3. The van der Waals surface area contributed by atoms with E-state index in [2.05, 4.69) is 4.98 Å². The zero-order valence-electron chi connectivity index (χ0n) is 6.54. The molecule has 0 saturated carbocycles. The van der Waals surface area contributed by atoms with Gasteiger partial charge in [0.1, 0.15) is 6.07 Å². The normalized spacial score (nSPS) is 9.42. The second kappa shape index (κ2) is 4.07. The molecule has 0 atom stereocenters. The molecule has 2 nitrogen and oxygen atoms in total. The van der Waals surface area contributed by atoms with Crippen molar-refractivity contribution in [3.05, 3.63) is 23.8 Å². The van der Waals surface area contributed by atoms with Crippen molar-refractivity contribution in [3.63, 3.8) is 0 Å². The van der Waals surface area contributed by atoms with Gasteiger partial charge in [-0.05, 0) is 11.8 Å². The van der Waals surface area contributed by atoms with Crippen LogP contribution in [0.2, 0.25) is 0 Å². The van der Waals surface area contributed by atoms with Gasteiger partial charge in [0, 0.05) is 11.1 Å². The monoisotopic (exact) mass is 182 g/mol. The molecule has 0 aromatic carbocycles. The van der Waals surface area contributed by atoms with Crippen LogP contribution in [0.4, 0.5) is 4.39 Å². The molecule has 0 aliphatic carbocycles. The van der Waals surface area contributed by atoms with E-state index in [4.69, 9.17) is 5.26 Å². The highest BCUT2D eigenvalue weighted by atomic mass is 32.2. The number of hydrogen-bond acceptors (Lipinski definition) is 3. The summed E-state index contributed by atoms with van der Waals surface area (Å²) in [6.45, 7) is 1.97. The summed E-state index contributed by atoms with van der Waals surface area (Å²) in [5.74, 6) is 0.323. The lowest BCUT2D eigenvalue weighted by Crippen LogP contribution is -1.89. The van der Waals surface area contributed by atoms with E-state index in [1.54, 1.807) is 6.07 Å². The Morgan fingerprint density at radius 2 is 2.50 bits per heavy atom. The molecular weight excluding hydrogens is 175 g/mol. The maximum absolute atomic E-state index is 12.9. The molecular formula is C8H7FN2S. The number of thioether (sulfide) groups is 1. The first kappa shape index (κ1) is 9.01. The Bertz CT molecular complexity index is 319. The zero-order chi connectivity index (χ0) is 8.97. The van der Waals surface area contributed by atoms with Gasteiger partial charge in [-0.25, -0.2) is 9.37 Å². The van der Waals surface area contributed by atoms with E-state index in [0.29, 0.717) is 0 Å². The second-order valence-electron chi connectivity index (χ2n) is 2.05. The number of hydrogen-bond donors (Lipinski definition) is 0. The second-order valence-corrected chi connectivity index (χ2v) is 3.38. The fraction of sp³-hybridized carbons (Fsp3) is 0.250. The van der Waals surface area contributed by atoms with Crippen LogP contribution in [0, 0.1) is 17.1 Å². The molecule has 0 aliphatic rings. The molecule has 0 amide bonds. The highest BCUT2D eigenvalue weighted by Gasteiger charge is 2.03. The molecule has 1 aromatic heterocycles. The summed E-state index contributed by atoms with van der Waals surface area (Å²) in [5, 5.41) is 8.38. The third-order valence-electron chi connectivity index (χ3n) is 1.23. The Balaban J connectivity index is 2.96. The van der Waals surface area contributed by atoms with E-state index < -0.39 is 5.82 Å². The summed E-state index contributed by atoms with van der Waals surface area (Å²) in [4.78, 5) is 4.42. The number of nitrogens with zero attached hydrogens (tertiary/aromatic N) is 2. The Morgan fingerprint density at radius 1 is 1.75 bits per heavy atom. The fourth-order valence-corrected chi connectivity index (χ4v) is 1.40. The van der Waals surface area contributed by atoms with E-state index in [-0.39, 0.29) is 5.69 Å². The van der Waals surface area contributed by atoms with Crippen molar-refractivity contribution >= 4 is 11.8 Å². The summed E-state index contributed by atoms with van der Waals surface area (Å²) >= 11 is 1.50. The minimum atomic E-state index is -0.545. The summed E-state index contributed by atoms with van der Waals surface area (Å²) in [6.07, 6.45) is 1.51. The highest BCUT2D eigenvalue weighted by molar-refractivity contribution is 7.99. The van der Waals surface area contributed by atoms with Gasteiger partial charge in [-0.1, -0.05) is 6.92 Å². The van der Waals surface area contributed by atoms with Gasteiger partial charge >= 0.3 is 0 Å². The predicted molar refractivity (Wildman–Crippen MR) is 45.3 cm³/mol. The van der Waals surface area contributed by atoms with Gasteiger partial charge in [0.15, 0.2) is 11.5 Å². The summed E-state index contributed by atoms with van der Waals surface area (Å²) < 4.78 is 12.9. The molecule has 0 bridgehead atoms. The smallest absolute Gasteiger partial charge is 0.176 e. The van der Waals surface area contributed by atoms with Crippen molar-refractivity contribution in [1.29, 1.82) is 5.26 Å². The minimum Gasteiger partial charge on any atom is -0.241 e. The average Bonchev–Trinajstić information content (AvgIpc) is 2.05. The van der Waals surface area contributed by atoms with Crippen LogP contribution in [0.5, 0.6) is 0 Å². The highest BCUT2D eigenvalue weighted by Crippen LogP contribution is 2.17. The molecule has 1 aromatic rings. The van der Waals surface area contributed by atoms with Crippen LogP contribution < -0.4 is 0 Å². The quantitative estimate of drug-likeness (QED) is 0.658. The van der Waals surface area contributed by atoms with Gasteiger partial charge in [0.25, 0.3) is 0 Å². The Labute approximate surface area is 74.4 Å².